The van der Waals surface area contributed by atoms with Crippen molar-refractivity contribution in [1.29, 1.82) is 0 Å². The van der Waals surface area contributed by atoms with Crippen LogP contribution in [0.4, 0.5) is 4.79 Å². The van der Waals surface area contributed by atoms with Gasteiger partial charge in [0, 0.05) is 0 Å². The zero-order valence-electron chi connectivity index (χ0n) is 18.6. The van der Waals surface area contributed by atoms with E-state index in [0.717, 1.165) is 12.8 Å². The Bertz CT molecular complexity index is 453. The first kappa shape index (κ1) is 26.3. The standard InChI is InChI=1S/C10H15BrNO3.3C4H9.Sn/c1-3-8(6-7(2)11)9(13)12-4-5-15-10(12)14;3*1-3-4-2;/h7-8H,2-6H2,1H3;3*1,3-4H2,2H3;/t7?,8-;;;;/m0..../s1. The van der Waals surface area contributed by atoms with Gasteiger partial charge in [-0.25, -0.2) is 0 Å². The molecule has 164 valence electrons. The van der Waals surface area contributed by atoms with Gasteiger partial charge in [0.05, 0.1) is 0 Å². The van der Waals surface area contributed by atoms with E-state index in [-0.39, 0.29) is 11.8 Å². The number of carbonyl (C=O) groups is 2. The second kappa shape index (κ2) is 14.3. The summed E-state index contributed by atoms with van der Waals surface area (Å²) in [6, 6.07) is 0. The van der Waals surface area contributed by atoms with E-state index in [0.29, 0.717) is 18.0 Å². The van der Waals surface area contributed by atoms with Crippen molar-refractivity contribution >= 4 is 46.3 Å². The van der Waals surface area contributed by atoms with Crippen LogP contribution < -0.4 is 0 Å². The van der Waals surface area contributed by atoms with Crippen LogP contribution in [0.2, 0.25) is 17.7 Å². The molecule has 1 rings (SSSR count). The number of imide groups is 1. The van der Waals surface area contributed by atoms with Crippen LogP contribution in [0.25, 0.3) is 0 Å². The van der Waals surface area contributed by atoms with Gasteiger partial charge in [0.15, 0.2) is 0 Å². The predicted molar refractivity (Wildman–Crippen MR) is 124 cm³/mol. The summed E-state index contributed by atoms with van der Waals surface area (Å²) in [6.45, 7) is 9.73. The molecule has 2 amide bonds. The number of ether oxygens (including phenoxy) is 1. The van der Waals surface area contributed by atoms with E-state index < -0.39 is 24.5 Å². The van der Waals surface area contributed by atoms with Gasteiger partial charge in [-0.15, -0.1) is 0 Å². The van der Waals surface area contributed by atoms with E-state index in [1.807, 2.05) is 0 Å². The summed E-state index contributed by atoms with van der Waals surface area (Å²) in [5, 5.41) is 0. The molecule has 1 fully saturated rings. The Balaban J connectivity index is 2.80. The van der Waals surface area contributed by atoms with Gasteiger partial charge in [-0.1, -0.05) is 0 Å². The third-order valence-electron chi connectivity index (χ3n) is 6.25. The number of amides is 2. The third kappa shape index (κ3) is 8.53. The molecule has 0 radical (unpaired) electrons. The van der Waals surface area contributed by atoms with Gasteiger partial charge in [0.2, 0.25) is 0 Å². The molecule has 4 nitrogen and oxygen atoms in total. The Morgan fingerprint density at radius 2 is 1.61 bits per heavy atom. The van der Waals surface area contributed by atoms with Crippen molar-refractivity contribution in [1.82, 2.24) is 4.90 Å². The minimum atomic E-state index is -2.23. The zero-order chi connectivity index (χ0) is 21.0. The Kier molecular flexibility index (Phi) is 13.4. The summed E-state index contributed by atoms with van der Waals surface area (Å²) in [7, 11) is 0. The van der Waals surface area contributed by atoms with Crippen LogP contribution in [0.1, 0.15) is 79.1 Å². The number of rotatable bonds is 15. The molecular formula is C22H42BrNO3Sn. The number of unbranched alkanes of at least 4 members (excludes halogenated alkanes) is 3. The Hall–Kier alpha value is 0.219. The Labute approximate surface area is 185 Å². The first-order chi connectivity index (χ1) is 13.4. The molecule has 1 unspecified atom stereocenters. The van der Waals surface area contributed by atoms with Gasteiger partial charge in [-0.05, 0) is 0 Å². The van der Waals surface area contributed by atoms with Gasteiger partial charge < -0.3 is 0 Å². The average molecular weight is 567 g/mol. The number of cyclic esters (lactones) is 1. The molecule has 1 heterocycles. The van der Waals surface area contributed by atoms with Crippen LogP contribution in [0, 0.1) is 5.92 Å². The molecule has 0 bridgehead atoms. The van der Waals surface area contributed by atoms with Gasteiger partial charge >= 0.3 is 186 Å². The summed E-state index contributed by atoms with van der Waals surface area (Å²) in [6.07, 6.45) is 9.16. The van der Waals surface area contributed by atoms with Crippen LogP contribution in [0.15, 0.2) is 0 Å². The van der Waals surface area contributed by atoms with Crippen molar-refractivity contribution in [3.63, 3.8) is 0 Å². The van der Waals surface area contributed by atoms with Gasteiger partial charge in [0.1, 0.15) is 0 Å². The molecule has 0 spiro atoms. The van der Waals surface area contributed by atoms with E-state index in [4.69, 9.17) is 4.74 Å². The van der Waals surface area contributed by atoms with E-state index in [2.05, 4.69) is 43.6 Å². The molecule has 28 heavy (non-hydrogen) atoms. The summed E-state index contributed by atoms with van der Waals surface area (Å²) >= 11 is 1.76. The molecule has 0 aliphatic carbocycles. The van der Waals surface area contributed by atoms with Crippen molar-refractivity contribution < 1.29 is 14.3 Å². The molecule has 0 saturated carbocycles. The van der Waals surface area contributed by atoms with E-state index in [9.17, 15) is 9.59 Å². The molecule has 1 aliphatic heterocycles. The number of hydrogen-bond acceptors (Lipinski definition) is 3. The fourth-order valence-electron chi connectivity index (χ4n) is 4.45. The second-order valence-corrected chi connectivity index (χ2v) is 23.9. The Morgan fingerprint density at radius 3 is 2.00 bits per heavy atom. The summed E-state index contributed by atoms with van der Waals surface area (Å²) in [5.41, 5.74) is 0. The number of alkyl halides is 1. The number of carbonyl (C=O) groups excluding carboxylic acids is 2. The van der Waals surface area contributed by atoms with E-state index >= 15 is 0 Å². The maximum absolute atomic E-state index is 12.8. The molecule has 0 aromatic heterocycles. The van der Waals surface area contributed by atoms with E-state index in [1.165, 1.54) is 61.2 Å². The fourth-order valence-corrected chi connectivity index (χ4v) is 26.0. The van der Waals surface area contributed by atoms with Crippen LogP contribution in [0.3, 0.4) is 0 Å². The Morgan fingerprint density at radius 1 is 1.07 bits per heavy atom. The molecular weight excluding hydrogens is 525 g/mol. The monoisotopic (exact) mass is 567 g/mol. The molecule has 2 atom stereocenters. The normalized spacial score (nSPS) is 16.9. The molecule has 0 aromatic rings. The van der Waals surface area contributed by atoms with Crippen LogP contribution in [0.5, 0.6) is 0 Å². The van der Waals surface area contributed by atoms with Crippen molar-refractivity contribution in [2.75, 3.05) is 13.2 Å². The van der Waals surface area contributed by atoms with Crippen molar-refractivity contribution in [3.8, 4) is 0 Å². The van der Waals surface area contributed by atoms with Crippen molar-refractivity contribution in [2.45, 2.75) is 102 Å². The number of hydrogen-bond donors (Lipinski definition) is 0. The molecule has 0 aromatic carbocycles. The van der Waals surface area contributed by atoms with Crippen LogP contribution >= 0.6 is 15.9 Å². The van der Waals surface area contributed by atoms with Gasteiger partial charge in [-0.3, -0.25) is 0 Å². The first-order valence-corrected chi connectivity index (χ1v) is 20.5. The van der Waals surface area contributed by atoms with Crippen molar-refractivity contribution in [2.24, 2.45) is 5.92 Å². The summed E-state index contributed by atoms with van der Waals surface area (Å²) in [4.78, 5) is 26.3. The molecule has 6 heteroatoms. The third-order valence-corrected chi connectivity index (χ3v) is 24.6. The molecule has 1 aliphatic rings. The minimum absolute atomic E-state index is 0.0362. The molecule has 1 saturated heterocycles. The zero-order valence-corrected chi connectivity index (χ0v) is 23.0. The predicted octanol–water partition coefficient (Wildman–Crippen LogP) is 6.99. The molecule has 0 N–H and O–H groups in total. The second-order valence-electron chi connectivity index (χ2n) is 8.56. The quantitative estimate of drug-likeness (QED) is 0.158. The SMILES string of the molecule is CCC[CH2][Sn]([CH2]CCC)([CH2]CCC)[CH2]C(Br)C[C@H](CC)C(=O)N1CCOC1=O. The maximum atomic E-state index is 12.8. The summed E-state index contributed by atoms with van der Waals surface area (Å²) < 4.78 is 10.8. The number of halogens is 1. The van der Waals surface area contributed by atoms with Crippen LogP contribution in [-0.4, -0.2) is 53.3 Å². The van der Waals surface area contributed by atoms with Crippen molar-refractivity contribution in [3.05, 3.63) is 0 Å². The summed E-state index contributed by atoms with van der Waals surface area (Å²) in [5.74, 6) is -0.117. The fraction of sp³-hybridized carbons (Fsp3) is 0.909. The topological polar surface area (TPSA) is 46.6 Å². The number of nitrogens with zero attached hydrogens (tertiary/aromatic N) is 1. The van der Waals surface area contributed by atoms with Crippen LogP contribution in [-0.2, 0) is 9.53 Å². The van der Waals surface area contributed by atoms with E-state index in [1.54, 1.807) is 0 Å². The van der Waals surface area contributed by atoms with Gasteiger partial charge in [-0.2, -0.15) is 0 Å². The van der Waals surface area contributed by atoms with Gasteiger partial charge in [0.25, 0.3) is 0 Å². The average Bonchev–Trinajstić information content (AvgIpc) is 3.12. The first-order valence-electron chi connectivity index (χ1n) is 11.5.